The van der Waals surface area contributed by atoms with Crippen LogP contribution in [0.5, 0.6) is 0 Å². The first-order valence-corrected chi connectivity index (χ1v) is 6.54. The van der Waals surface area contributed by atoms with Gasteiger partial charge in [-0.25, -0.2) is 0 Å². The van der Waals surface area contributed by atoms with Gasteiger partial charge in [0.05, 0.1) is 12.3 Å². The zero-order valence-corrected chi connectivity index (χ0v) is 11.8. The van der Waals surface area contributed by atoms with Crippen LogP contribution in [-0.4, -0.2) is 0 Å². The molecular weight excluding hydrogens is 302 g/mol. The summed E-state index contributed by atoms with van der Waals surface area (Å²) in [6, 6.07) is 9.91. The summed E-state index contributed by atoms with van der Waals surface area (Å²) in [5.41, 5.74) is 1.08. The SMILES string of the molecule is C[C@H](NCc1ccc(Br)cc1Cl)c1ccco1. The second kappa shape index (κ2) is 5.71. The van der Waals surface area contributed by atoms with E-state index in [-0.39, 0.29) is 6.04 Å². The molecule has 0 radical (unpaired) electrons. The molecule has 0 amide bonds. The van der Waals surface area contributed by atoms with Gasteiger partial charge < -0.3 is 9.73 Å². The second-order valence-electron chi connectivity index (χ2n) is 3.85. The van der Waals surface area contributed by atoms with Crippen molar-refractivity contribution in [1.29, 1.82) is 0 Å². The molecule has 1 aromatic carbocycles. The topological polar surface area (TPSA) is 25.2 Å². The van der Waals surface area contributed by atoms with Crippen molar-refractivity contribution in [2.45, 2.75) is 19.5 Å². The van der Waals surface area contributed by atoms with Crippen LogP contribution in [0, 0.1) is 0 Å². The summed E-state index contributed by atoms with van der Waals surface area (Å²) in [6.45, 7) is 2.78. The summed E-state index contributed by atoms with van der Waals surface area (Å²) in [5.74, 6) is 0.929. The minimum atomic E-state index is 0.171. The van der Waals surface area contributed by atoms with Crippen LogP contribution in [0.15, 0.2) is 45.5 Å². The Kier molecular flexibility index (Phi) is 4.26. The number of rotatable bonds is 4. The zero-order valence-electron chi connectivity index (χ0n) is 9.41. The average Bonchev–Trinajstić information content (AvgIpc) is 2.81. The molecule has 0 spiro atoms. The van der Waals surface area contributed by atoms with Gasteiger partial charge in [0, 0.05) is 16.0 Å². The largest absolute Gasteiger partial charge is 0.468 e. The predicted molar refractivity (Wildman–Crippen MR) is 73.1 cm³/mol. The number of benzene rings is 1. The lowest BCUT2D eigenvalue weighted by Gasteiger charge is -2.12. The summed E-state index contributed by atoms with van der Waals surface area (Å²) in [4.78, 5) is 0. The molecule has 0 aliphatic carbocycles. The molecule has 0 saturated heterocycles. The van der Waals surface area contributed by atoms with Gasteiger partial charge in [-0.15, -0.1) is 0 Å². The summed E-state index contributed by atoms with van der Waals surface area (Å²) in [7, 11) is 0. The van der Waals surface area contributed by atoms with Crippen molar-refractivity contribution >= 4 is 27.5 Å². The number of furan rings is 1. The normalized spacial score (nSPS) is 12.6. The fraction of sp³-hybridized carbons (Fsp3) is 0.231. The van der Waals surface area contributed by atoms with Gasteiger partial charge >= 0.3 is 0 Å². The molecule has 0 bridgehead atoms. The van der Waals surface area contributed by atoms with Crippen LogP contribution < -0.4 is 5.32 Å². The summed E-state index contributed by atoms with van der Waals surface area (Å²) < 4.78 is 6.32. The molecule has 1 aromatic heterocycles. The quantitative estimate of drug-likeness (QED) is 0.896. The van der Waals surface area contributed by atoms with Crippen LogP contribution in [-0.2, 0) is 6.54 Å². The van der Waals surface area contributed by atoms with E-state index >= 15 is 0 Å². The molecule has 1 N–H and O–H groups in total. The summed E-state index contributed by atoms with van der Waals surface area (Å²) in [5, 5.41) is 4.13. The van der Waals surface area contributed by atoms with E-state index in [1.165, 1.54) is 0 Å². The van der Waals surface area contributed by atoms with Crippen molar-refractivity contribution in [2.24, 2.45) is 0 Å². The van der Waals surface area contributed by atoms with Gasteiger partial charge in [0.2, 0.25) is 0 Å². The molecule has 2 rings (SSSR count). The maximum Gasteiger partial charge on any atom is 0.120 e. The fourth-order valence-corrected chi connectivity index (χ4v) is 2.31. The Bertz CT molecular complexity index is 484. The first-order valence-electron chi connectivity index (χ1n) is 5.37. The highest BCUT2D eigenvalue weighted by molar-refractivity contribution is 9.10. The fourth-order valence-electron chi connectivity index (χ4n) is 1.57. The van der Waals surface area contributed by atoms with Crippen LogP contribution in [0.2, 0.25) is 5.02 Å². The number of hydrogen-bond acceptors (Lipinski definition) is 2. The van der Waals surface area contributed by atoms with Crippen LogP contribution in [0.25, 0.3) is 0 Å². The molecule has 1 heterocycles. The third-order valence-electron chi connectivity index (χ3n) is 2.58. The number of hydrogen-bond donors (Lipinski definition) is 1. The van der Waals surface area contributed by atoms with Crippen LogP contribution in [0.3, 0.4) is 0 Å². The van der Waals surface area contributed by atoms with Gasteiger partial charge in [0.25, 0.3) is 0 Å². The maximum absolute atomic E-state index is 6.14. The van der Waals surface area contributed by atoms with Gasteiger partial charge in [-0.05, 0) is 36.8 Å². The van der Waals surface area contributed by atoms with Crippen molar-refractivity contribution in [3.63, 3.8) is 0 Å². The van der Waals surface area contributed by atoms with Crippen molar-refractivity contribution in [2.75, 3.05) is 0 Å². The van der Waals surface area contributed by atoms with Crippen LogP contribution in [0.4, 0.5) is 0 Å². The van der Waals surface area contributed by atoms with Crippen molar-refractivity contribution in [3.8, 4) is 0 Å². The van der Waals surface area contributed by atoms with E-state index in [0.717, 1.165) is 20.8 Å². The summed E-state index contributed by atoms with van der Waals surface area (Å²) >= 11 is 9.53. The Morgan fingerprint density at radius 2 is 2.24 bits per heavy atom. The monoisotopic (exact) mass is 313 g/mol. The molecule has 1 atom stereocenters. The molecule has 0 saturated carbocycles. The highest BCUT2D eigenvalue weighted by Crippen LogP contribution is 2.22. The van der Waals surface area contributed by atoms with E-state index in [9.17, 15) is 0 Å². The lowest BCUT2D eigenvalue weighted by atomic mass is 10.2. The average molecular weight is 315 g/mol. The van der Waals surface area contributed by atoms with Gasteiger partial charge in [0.1, 0.15) is 5.76 Å². The van der Waals surface area contributed by atoms with E-state index in [1.54, 1.807) is 6.26 Å². The van der Waals surface area contributed by atoms with Crippen molar-refractivity contribution in [1.82, 2.24) is 5.32 Å². The first kappa shape index (κ1) is 12.7. The second-order valence-corrected chi connectivity index (χ2v) is 5.18. The van der Waals surface area contributed by atoms with E-state index in [0.29, 0.717) is 6.54 Å². The lowest BCUT2D eigenvalue weighted by molar-refractivity contribution is 0.430. The molecule has 2 aromatic rings. The van der Waals surface area contributed by atoms with Gasteiger partial charge in [0.15, 0.2) is 0 Å². The Morgan fingerprint density at radius 1 is 1.41 bits per heavy atom. The van der Waals surface area contributed by atoms with E-state index in [4.69, 9.17) is 16.0 Å². The van der Waals surface area contributed by atoms with Crippen molar-refractivity contribution in [3.05, 3.63) is 57.4 Å². The molecule has 2 nitrogen and oxygen atoms in total. The Balaban J connectivity index is 1.98. The van der Waals surface area contributed by atoms with E-state index in [1.807, 2.05) is 30.3 Å². The smallest absolute Gasteiger partial charge is 0.120 e. The van der Waals surface area contributed by atoms with Gasteiger partial charge in [-0.3, -0.25) is 0 Å². The molecule has 0 aliphatic rings. The van der Waals surface area contributed by atoms with E-state index in [2.05, 4.69) is 28.2 Å². The molecular formula is C13H13BrClNO. The Labute approximate surface area is 114 Å². The third-order valence-corrected chi connectivity index (χ3v) is 3.43. The molecule has 0 fully saturated rings. The van der Waals surface area contributed by atoms with Gasteiger partial charge in [-0.2, -0.15) is 0 Å². The van der Waals surface area contributed by atoms with Crippen LogP contribution >= 0.6 is 27.5 Å². The van der Waals surface area contributed by atoms with Crippen molar-refractivity contribution < 1.29 is 4.42 Å². The van der Waals surface area contributed by atoms with Gasteiger partial charge in [-0.1, -0.05) is 33.6 Å². The number of halogens is 2. The zero-order chi connectivity index (χ0) is 12.3. The third kappa shape index (κ3) is 3.35. The maximum atomic E-state index is 6.14. The highest BCUT2D eigenvalue weighted by atomic mass is 79.9. The predicted octanol–water partition coefficient (Wildman–Crippen LogP) is 4.55. The molecule has 90 valence electrons. The molecule has 0 unspecified atom stereocenters. The minimum absolute atomic E-state index is 0.171. The minimum Gasteiger partial charge on any atom is -0.468 e. The number of nitrogens with one attached hydrogen (secondary N) is 1. The standard InChI is InChI=1S/C13H13BrClNO/c1-9(13-3-2-6-17-13)16-8-10-4-5-11(14)7-12(10)15/h2-7,9,16H,8H2,1H3/t9-/m0/s1. The summed E-state index contributed by atoms with van der Waals surface area (Å²) in [6.07, 6.45) is 1.68. The highest BCUT2D eigenvalue weighted by Gasteiger charge is 2.08. The van der Waals surface area contributed by atoms with Crippen LogP contribution in [0.1, 0.15) is 24.3 Å². The molecule has 0 aliphatic heterocycles. The molecule has 17 heavy (non-hydrogen) atoms. The lowest BCUT2D eigenvalue weighted by Crippen LogP contribution is -2.17. The Morgan fingerprint density at radius 3 is 2.88 bits per heavy atom. The Hall–Kier alpha value is -0.770. The molecule has 4 heteroatoms. The first-order chi connectivity index (χ1) is 8.16. The van der Waals surface area contributed by atoms with E-state index < -0.39 is 0 Å².